The van der Waals surface area contributed by atoms with Crippen LogP contribution in [0.15, 0.2) is 74.5 Å². The number of benzene rings is 3. The number of hydrogen-bond donors (Lipinski definition) is 1. The highest BCUT2D eigenvalue weighted by atomic mass is 35.5. The Morgan fingerprint density at radius 3 is 2.11 bits per heavy atom. The molecule has 0 saturated heterocycles. The summed E-state index contributed by atoms with van der Waals surface area (Å²) in [6.07, 6.45) is 4.00. The Morgan fingerprint density at radius 1 is 0.932 bits per heavy atom. The van der Waals surface area contributed by atoms with Crippen LogP contribution in [0.25, 0.3) is 0 Å². The lowest BCUT2D eigenvalue weighted by Crippen LogP contribution is -2.48. The number of hydrazone groups is 1. The lowest BCUT2D eigenvalue weighted by atomic mass is 9.93. The molecule has 3 amide bonds. The number of aromatic amines is 1. The van der Waals surface area contributed by atoms with E-state index in [-0.39, 0.29) is 72.8 Å². The Kier molecular flexibility index (Phi) is 16.7. The Morgan fingerprint density at radius 2 is 1.57 bits per heavy atom. The molecule has 3 aromatic carbocycles. The van der Waals surface area contributed by atoms with Crippen molar-refractivity contribution in [3.63, 3.8) is 0 Å². The van der Waals surface area contributed by atoms with Gasteiger partial charge < -0.3 is 14.2 Å². The van der Waals surface area contributed by atoms with Crippen LogP contribution in [0.5, 0.6) is 5.75 Å². The summed E-state index contributed by atoms with van der Waals surface area (Å²) in [7, 11) is -2.77. The highest BCUT2D eigenvalue weighted by Crippen LogP contribution is 2.43. The average Bonchev–Trinajstić information content (AvgIpc) is 3.92. The first-order chi connectivity index (χ1) is 34.7. The number of hydrogen-bond acceptors (Lipinski definition) is 14. The van der Waals surface area contributed by atoms with Crippen molar-refractivity contribution in [2.24, 2.45) is 12.1 Å². The van der Waals surface area contributed by atoms with E-state index in [2.05, 4.69) is 16.1 Å². The van der Waals surface area contributed by atoms with Crippen LogP contribution in [0.3, 0.4) is 0 Å². The molecule has 25 heteroatoms. The normalized spacial score (nSPS) is 17.3. The number of H-pyrrole nitrogens is 1. The Bertz CT molecular complexity index is 3260. The van der Waals surface area contributed by atoms with E-state index in [0.29, 0.717) is 58.1 Å². The molecule has 1 aliphatic carbocycles. The van der Waals surface area contributed by atoms with E-state index >= 15 is 0 Å². The fourth-order valence-electron chi connectivity index (χ4n) is 8.30. The number of terminal acetylenes is 1. The molecule has 0 spiro atoms. The van der Waals surface area contributed by atoms with Gasteiger partial charge in [0.05, 0.1) is 52.3 Å². The summed E-state index contributed by atoms with van der Waals surface area (Å²) < 4.78 is 93.2. The number of anilines is 3. The van der Waals surface area contributed by atoms with E-state index in [1.54, 1.807) is 39.0 Å². The number of imide groups is 1. The molecule has 1 unspecified atom stereocenters. The summed E-state index contributed by atoms with van der Waals surface area (Å²) >= 11 is 12.2. The third kappa shape index (κ3) is 11.3. The third-order valence-electron chi connectivity index (χ3n) is 11.8. The molecule has 0 radical (unpaired) electrons. The van der Waals surface area contributed by atoms with Gasteiger partial charge in [0.25, 0.3) is 23.3 Å². The highest BCUT2D eigenvalue weighted by molar-refractivity contribution is 7.90. The summed E-state index contributed by atoms with van der Waals surface area (Å²) in [5.74, 6) is -1.62. The lowest BCUT2D eigenvalue weighted by Gasteiger charge is -2.32. The molecular formula is C49H46Cl2F4N6O12S. The molecule has 3 aliphatic heterocycles. The minimum atomic E-state index is -4.76. The largest absolute Gasteiger partial charge is 0.481 e. The predicted octanol–water partition coefficient (Wildman–Crippen LogP) is 7.05. The quantitative estimate of drug-likeness (QED) is 0.0554. The molecule has 18 nitrogen and oxygen atoms in total. The number of sulfone groups is 1. The van der Waals surface area contributed by atoms with Crippen LogP contribution in [0.4, 0.5) is 34.6 Å². The zero-order valence-electron chi connectivity index (χ0n) is 40.4. The molecule has 8 rings (SSSR count). The van der Waals surface area contributed by atoms with Crippen LogP contribution in [-0.2, 0) is 56.5 Å². The first-order valence-corrected chi connectivity index (χ1v) is 25.0. The van der Waals surface area contributed by atoms with Gasteiger partial charge in [0.1, 0.15) is 17.0 Å². The van der Waals surface area contributed by atoms with E-state index < -0.39 is 78.5 Å². The molecule has 1 atom stereocenters. The number of esters is 2. The highest BCUT2D eigenvalue weighted by Gasteiger charge is 2.50. The van der Waals surface area contributed by atoms with Crippen molar-refractivity contribution in [1.29, 1.82) is 0 Å². The summed E-state index contributed by atoms with van der Waals surface area (Å²) in [5, 5.41) is 9.01. The topological polar surface area (TPSA) is 224 Å². The van der Waals surface area contributed by atoms with Crippen LogP contribution < -0.4 is 25.1 Å². The van der Waals surface area contributed by atoms with E-state index in [0.717, 1.165) is 34.6 Å². The van der Waals surface area contributed by atoms with Gasteiger partial charge in [0.15, 0.2) is 27.8 Å². The Labute approximate surface area is 430 Å². The second-order valence-corrected chi connectivity index (χ2v) is 19.8. The van der Waals surface area contributed by atoms with Crippen molar-refractivity contribution < 1.29 is 69.0 Å². The molecule has 4 heterocycles. The Hall–Kier alpha value is -7.29. The van der Waals surface area contributed by atoms with Gasteiger partial charge in [-0.3, -0.25) is 38.7 Å². The number of carbonyl (C=O) groups excluding carboxylic acids is 6. The van der Waals surface area contributed by atoms with Crippen molar-refractivity contribution >= 4 is 91.3 Å². The van der Waals surface area contributed by atoms with Crippen LogP contribution in [0.1, 0.15) is 80.1 Å². The number of fused-ring (bicyclic) bond motifs is 1. The van der Waals surface area contributed by atoms with Gasteiger partial charge in [-0.2, -0.15) is 18.3 Å². The van der Waals surface area contributed by atoms with Crippen LogP contribution in [0.2, 0.25) is 10.0 Å². The van der Waals surface area contributed by atoms with E-state index in [4.69, 9.17) is 43.8 Å². The molecule has 0 bridgehead atoms. The standard InChI is InChI=1S/C19H15FN2O4.C16H18Cl2N2O4.C14H13F3N2O4S/c1-2-7-21-15-9-14(13(20)8-16(15)26-10-17(21)23)22-18(24)11-5-3-4-6-12(11)19(22)25;1-4-23-14(21)12-9-16(3,15(22)24-5-2)20(19-12)13-7-6-10(17)8-11(13)18;1-7-11(13(21)19(2)18-7)12(20)9-5-4-8(14(15,16)17)6-10(9)24(3,22)23/h1,8-9H,3-7,10H2;6-8H,4-5,9H2,1-3H3;4-6,18H,1-3H3. The maximum absolute atomic E-state index is 14.7. The molecule has 0 saturated carbocycles. The van der Waals surface area contributed by atoms with Crippen LogP contribution in [-0.4, -0.2) is 97.5 Å². The van der Waals surface area contributed by atoms with Gasteiger partial charge in [0, 0.05) is 53.2 Å². The van der Waals surface area contributed by atoms with Gasteiger partial charge in [-0.15, -0.1) is 6.42 Å². The summed E-state index contributed by atoms with van der Waals surface area (Å²) in [6, 6.07) is 8.95. The predicted molar refractivity (Wildman–Crippen MR) is 262 cm³/mol. The number of aromatic nitrogens is 2. The first kappa shape index (κ1) is 56.0. The molecule has 4 aromatic rings. The number of amides is 3. The number of ketones is 1. The van der Waals surface area contributed by atoms with Crippen LogP contribution in [0, 0.1) is 25.1 Å². The summed E-state index contributed by atoms with van der Waals surface area (Å²) in [5.41, 5.74) is -2.12. The van der Waals surface area contributed by atoms with Gasteiger partial charge in [-0.25, -0.2) is 32.3 Å². The van der Waals surface area contributed by atoms with Crippen molar-refractivity contribution in [3.8, 4) is 18.1 Å². The molecule has 1 N–H and O–H groups in total. The number of alkyl halides is 3. The minimum absolute atomic E-state index is 0.0170. The molecular weight excluding hydrogens is 1040 g/mol. The molecule has 1 aromatic heterocycles. The van der Waals surface area contributed by atoms with E-state index in [1.165, 1.54) is 29.9 Å². The SMILES string of the molecule is C#CCN1C(=O)COc2cc(F)c(N3C(=O)C4=C(CCCC4)C3=O)cc21.CCOC(=O)C1=NN(c2ccc(Cl)cc2Cl)C(C)(C(=O)OCC)C1.Cc1[nH]n(C)c(=O)c1C(=O)c1ccc(C(F)(F)F)cc1S(C)(=O)=O. The van der Waals surface area contributed by atoms with Crippen molar-refractivity contribution in [1.82, 2.24) is 9.78 Å². The van der Waals surface area contributed by atoms with Crippen molar-refractivity contribution in [2.45, 2.75) is 76.4 Å². The average molecular weight is 1090 g/mol. The summed E-state index contributed by atoms with van der Waals surface area (Å²) in [4.78, 5) is 87.8. The van der Waals surface area contributed by atoms with Crippen LogP contribution >= 0.6 is 23.2 Å². The fourth-order valence-corrected chi connectivity index (χ4v) is 9.69. The molecule has 4 aliphatic rings. The van der Waals surface area contributed by atoms with Gasteiger partial charge in [-0.1, -0.05) is 29.1 Å². The smallest absolute Gasteiger partial charge is 0.416 e. The monoisotopic (exact) mass is 1090 g/mol. The zero-order valence-corrected chi connectivity index (χ0v) is 42.7. The van der Waals surface area contributed by atoms with Gasteiger partial charge in [0.2, 0.25) is 5.78 Å². The zero-order chi connectivity index (χ0) is 54.8. The number of carbonyl (C=O) groups is 6. The number of aryl methyl sites for hydroxylation is 2. The van der Waals surface area contributed by atoms with Gasteiger partial charge >= 0.3 is 18.1 Å². The maximum atomic E-state index is 14.7. The second kappa shape index (κ2) is 22.0. The number of nitrogens with zero attached hydrogens (tertiary/aromatic N) is 5. The fraction of sp³-hybridized carbons (Fsp3) is 0.347. The van der Waals surface area contributed by atoms with Crippen molar-refractivity contribution in [2.75, 3.05) is 47.4 Å². The number of rotatable bonds is 10. The number of ether oxygens (including phenoxy) is 3. The van der Waals surface area contributed by atoms with Gasteiger partial charge in [-0.05, 0) is 95.8 Å². The lowest BCUT2D eigenvalue weighted by molar-refractivity contribution is -0.148. The molecule has 74 heavy (non-hydrogen) atoms. The maximum Gasteiger partial charge on any atom is 0.416 e. The van der Waals surface area contributed by atoms with E-state index in [1.807, 2.05) is 0 Å². The Balaban J connectivity index is 0.000000181. The molecule has 392 valence electrons. The number of nitrogens with one attached hydrogen (secondary N) is 1. The number of halogens is 6. The third-order valence-corrected chi connectivity index (χ3v) is 13.5. The van der Waals surface area contributed by atoms with Crippen molar-refractivity contribution in [3.05, 3.63) is 108 Å². The first-order valence-electron chi connectivity index (χ1n) is 22.4. The summed E-state index contributed by atoms with van der Waals surface area (Å²) in [6.45, 7) is 6.65. The van der Waals surface area contributed by atoms with E-state index in [9.17, 15) is 59.5 Å². The minimum Gasteiger partial charge on any atom is -0.481 e. The molecule has 0 fully saturated rings. The second-order valence-electron chi connectivity index (χ2n) is 17.0.